The summed E-state index contributed by atoms with van der Waals surface area (Å²) in [5.74, 6) is 1.13. The molecule has 0 spiro atoms. The Balaban J connectivity index is 1.63. The summed E-state index contributed by atoms with van der Waals surface area (Å²) in [6.07, 6.45) is 2.96. The second-order valence-electron chi connectivity index (χ2n) is 6.56. The Morgan fingerprint density at radius 2 is 0.912 bits per heavy atom. The first kappa shape index (κ1) is 25.7. The van der Waals surface area contributed by atoms with Gasteiger partial charge in [-0.1, -0.05) is 36.4 Å². The van der Waals surface area contributed by atoms with E-state index in [1.54, 1.807) is 36.4 Å². The molecule has 34 heavy (non-hydrogen) atoms. The van der Waals surface area contributed by atoms with E-state index in [4.69, 9.17) is 40.0 Å². The van der Waals surface area contributed by atoms with Crippen LogP contribution >= 0.6 is 0 Å². The van der Waals surface area contributed by atoms with Crippen LogP contribution in [0.1, 0.15) is 11.1 Å². The van der Waals surface area contributed by atoms with Crippen molar-refractivity contribution in [2.45, 2.75) is 0 Å². The highest BCUT2D eigenvalue weighted by Crippen LogP contribution is 2.21. The van der Waals surface area contributed by atoms with Crippen molar-refractivity contribution >= 4 is 12.2 Å². The number of benzene rings is 2. The van der Waals surface area contributed by atoms with Crippen molar-refractivity contribution in [3.8, 4) is 35.8 Å². The first-order valence-corrected chi connectivity index (χ1v) is 10.3. The summed E-state index contributed by atoms with van der Waals surface area (Å²) >= 11 is 0. The molecule has 0 saturated carbocycles. The zero-order valence-corrected chi connectivity index (χ0v) is 18.4. The minimum absolute atomic E-state index is 0.00228. The predicted molar refractivity (Wildman–Crippen MR) is 124 cm³/mol. The Morgan fingerprint density at radius 1 is 0.559 bits per heavy atom. The molecule has 170 valence electrons. The average Bonchev–Trinajstić information content (AvgIpc) is 2.88. The minimum Gasteiger partial charge on any atom is -0.491 e. The molecule has 0 atom stereocenters. The van der Waals surface area contributed by atoms with Gasteiger partial charge in [0.1, 0.15) is 60.1 Å². The standard InChI is InChI=1S/C26H22N4O4/c27-17-21(18-28)15-23-5-1-3-7-25(23)33-13-11-31-9-10-32-12-14-34-26-8-4-2-6-24(26)16-22(19-29)20-30/h1-8,15-16H,9-14H2. The number of hydrogen-bond acceptors (Lipinski definition) is 8. The van der Waals surface area contributed by atoms with Gasteiger partial charge in [-0.3, -0.25) is 0 Å². The molecule has 2 aromatic carbocycles. The Kier molecular flexibility index (Phi) is 11.5. The van der Waals surface area contributed by atoms with Gasteiger partial charge in [-0.15, -0.1) is 0 Å². The quantitative estimate of drug-likeness (QED) is 0.327. The van der Waals surface area contributed by atoms with Gasteiger partial charge in [0.2, 0.25) is 0 Å². The number of allylic oxidation sites excluding steroid dienone is 2. The van der Waals surface area contributed by atoms with E-state index in [2.05, 4.69) is 0 Å². The highest BCUT2D eigenvalue weighted by atomic mass is 16.6. The van der Waals surface area contributed by atoms with Crippen LogP contribution in [0.2, 0.25) is 0 Å². The number of rotatable bonds is 13. The molecule has 0 saturated heterocycles. The summed E-state index contributed by atoms with van der Waals surface area (Å²) in [6.45, 7) is 2.07. The van der Waals surface area contributed by atoms with Crippen molar-refractivity contribution in [1.29, 1.82) is 21.0 Å². The van der Waals surface area contributed by atoms with Crippen LogP contribution in [-0.4, -0.2) is 39.6 Å². The van der Waals surface area contributed by atoms with Gasteiger partial charge in [-0.2, -0.15) is 21.0 Å². The molecule has 2 aromatic rings. The molecule has 8 heteroatoms. The predicted octanol–water partition coefficient (Wildman–Crippen LogP) is 4.04. The normalized spacial score (nSPS) is 9.41. The van der Waals surface area contributed by atoms with Crippen LogP contribution in [0.3, 0.4) is 0 Å². The molecule has 8 nitrogen and oxygen atoms in total. The smallest absolute Gasteiger partial charge is 0.130 e. The molecule has 0 radical (unpaired) electrons. The van der Waals surface area contributed by atoms with Crippen molar-refractivity contribution in [2.24, 2.45) is 0 Å². The molecule has 0 N–H and O–H groups in total. The topological polar surface area (TPSA) is 132 Å². The molecule has 0 aliphatic carbocycles. The van der Waals surface area contributed by atoms with Gasteiger partial charge in [0, 0.05) is 11.1 Å². The fourth-order valence-corrected chi connectivity index (χ4v) is 2.70. The molecule has 0 amide bonds. The maximum atomic E-state index is 8.90. The lowest BCUT2D eigenvalue weighted by Gasteiger charge is -2.11. The largest absolute Gasteiger partial charge is 0.491 e. The second-order valence-corrected chi connectivity index (χ2v) is 6.56. The lowest BCUT2D eigenvalue weighted by molar-refractivity contribution is 0.0273. The van der Waals surface area contributed by atoms with Crippen LogP contribution < -0.4 is 9.47 Å². The van der Waals surface area contributed by atoms with E-state index >= 15 is 0 Å². The van der Waals surface area contributed by atoms with Crippen LogP contribution in [-0.2, 0) is 9.47 Å². The summed E-state index contributed by atoms with van der Waals surface area (Å²) in [4.78, 5) is 0. The Labute approximate surface area is 198 Å². The fourth-order valence-electron chi connectivity index (χ4n) is 2.70. The van der Waals surface area contributed by atoms with E-state index in [1.165, 1.54) is 12.2 Å². The molecule has 0 heterocycles. The van der Waals surface area contributed by atoms with Crippen LogP contribution in [0.4, 0.5) is 0 Å². The molecule has 0 unspecified atom stereocenters. The number of ether oxygens (including phenoxy) is 4. The van der Waals surface area contributed by atoms with E-state index < -0.39 is 0 Å². The summed E-state index contributed by atoms with van der Waals surface area (Å²) in [5, 5.41) is 35.6. The van der Waals surface area contributed by atoms with Gasteiger partial charge in [0.15, 0.2) is 0 Å². The zero-order valence-electron chi connectivity index (χ0n) is 18.4. The van der Waals surface area contributed by atoms with E-state index in [-0.39, 0.29) is 11.1 Å². The molecular weight excluding hydrogens is 432 g/mol. The average molecular weight is 454 g/mol. The van der Waals surface area contributed by atoms with Crippen molar-refractivity contribution in [3.05, 3.63) is 70.8 Å². The minimum atomic E-state index is 0.00228. The maximum absolute atomic E-state index is 8.90. The second kappa shape index (κ2) is 15.2. The summed E-state index contributed by atoms with van der Waals surface area (Å²) in [7, 11) is 0. The first-order valence-electron chi connectivity index (χ1n) is 10.3. The zero-order chi connectivity index (χ0) is 24.4. The van der Waals surface area contributed by atoms with E-state index in [0.29, 0.717) is 62.3 Å². The number of nitriles is 4. The van der Waals surface area contributed by atoms with E-state index in [1.807, 2.05) is 36.4 Å². The van der Waals surface area contributed by atoms with Crippen molar-refractivity contribution in [1.82, 2.24) is 0 Å². The number of para-hydroxylation sites is 2. The van der Waals surface area contributed by atoms with Crippen molar-refractivity contribution in [3.63, 3.8) is 0 Å². The Morgan fingerprint density at radius 3 is 1.29 bits per heavy atom. The number of nitrogens with zero attached hydrogens (tertiary/aromatic N) is 4. The van der Waals surface area contributed by atoms with Crippen LogP contribution in [0.5, 0.6) is 11.5 Å². The van der Waals surface area contributed by atoms with Crippen LogP contribution in [0.25, 0.3) is 12.2 Å². The summed E-state index contributed by atoms with van der Waals surface area (Å²) < 4.78 is 22.3. The molecule has 0 aliphatic heterocycles. The Hall–Kier alpha value is -4.60. The highest BCUT2D eigenvalue weighted by Gasteiger charge is 2.04. The fraction of sp³-hybridized carbons (Fsp3) is 0.231. The lowest BCUT2D eigenvalue weighted by Crippen LogP contribution is -2.13. The van der Waals surface area contributed by atoms with Gasteiger partial charge in [-0.25, -0.2) is 0 Å². The van der Waals surface area contributed by atoms with Crippen molar-refractivity contribution in [2.75, 3.05) is 39.6 Å². The van der Waals surface area contributed by atoms with Gasteiger partial charge < -0.3 is 18.9 Å². The first-order chi connectivity index (χ1) is 16.7. The summed E-state index contributed by atoms with van der Waals surface area (Å²) in [5.41, 5.74) is 1.31. The van der Waals surface area contributed by atoms with Crippen LogP contribution in [0, 0.1) is 45.3 Å². The maximum Gasteiger partial charge on any atom is 0.130 e. The van der Waals surface area contributed by atoms with Gasteiger partial charge in [0.25, 0.3) is 0 Å². The van der Waals surface area contributed by atoms with E-state index in [0.717, 1.165) is 0 Å². The molecule has 0 fully saturated rings. The third-order valence-electron chi connectivity index (χ3n) is 4.26. The highest BCUT2D eigenvalue weighted by molar-refractivity contribution is 5.67. The molecule has 0 bridgehead atoms. The van der Waals surface area contributed by atoms with Gasteiger partial charge in [-0.05, 0) is 24.3 Å². The van der Waals surface area contributed by atoms with Gasteiger partial charge in [0.05, 0.1) is 26.4 Å². The lowest BCUT2D eigenvalue weighted by atomic mass is 10.1. The Bertz CT molecular complexity index is 1050. The van der Waals surface area contributed by atoms with Gasteiger partial charge >= 0.3 is 0 Å². The monoisotopic (exact) mass is 454 g/mol. The third kappa shape index (κ3) is 8.87. The molecular formula is C26H22N4O4. The van der Waals surface area contributed by atoms with E-state index in [9.17, 15) is 0 Å². The molecule has 0 aliphatic rings. The van der Waals surface area contributed by atoms with Crippen LogP contribution in [0.15, 0.2) is 59.7 Å². The number of hydrogen-bond donors (Lipinski definition) is 0. The summed E-state index contributed by atoms with van der Waals surface area (Å²) in [6, 6.07) is 21.6. The third-order valence-corrected chi connectivity index (χ3v) is 4.26. The SMILES string of the molecule is N#CC(C#N)=Cc1ccccc1OCCOCCOCCOc1ccccc1C=C(C#N)C#N. The molecule has 2 rings (SSSR count). The molecule has 0 aromatic heterocycles. The van der Waals surface area contributed by atoms with Crippen molar-refractivity contribution < 1.29 is 18.9 Å².